The van der Waals surface area contributed by atoms with Crippen molar-refractivity contribution in [3.8, 4) is 5.88 Å². The predicted octanol–water partition coefficient (Wildman–Crippen LogP) is -0.0877. The number of rotatable bonds is 4. The molecule has 2 unspecified atom stereocenters. The molecule has 0 saturated carbocycles. The maximum atomic E-state index is 11.1. The number of hydrogen-bond donors (Lipinski definition) is 2. The van der Waals surface area contributed by atoms with Gasteiger partial charge in [0.25, 0.3) is 5.88 Å². The van der Waals surface area contributed by atoms with E-state index >= 15 is 0 Å². The summed E-state index contributed by atoms with van der Waals surface area (Å²) in [6.07, 6.45) is -0.759. The van der Waals surface area contributed by atoms with Crippen LogP contribution in [-0.4, -0.2) is 43.1 Å². The first-order valence-electron chi connectivity index (χ1n) is 6.61. The third kappa shape index (κ3) is 3.86. The fourth-order valence-corrected chi connectivity index (χ4v) is 1.84. The quantitative estimate of drug-likeness (QED) is 0.731. The van der Waals surface area contributed by atoms with Gasteiger partial charge in [-0.1, -0.05) is 0 Å². The van der Waals surface area contributed by atoms with Crippen molar-refractivity contribution in [1.29, 1.82) is 0 Å². The molecule has 0 aromatic carbocycles. The van der Waals surface area contributed by atoms with E-state index in [2.05, 4.69) is 19.9 Å². The molecule has 2 aromatic heterocycles. The zero-order valence-corrected chi connectivity index (χ0v) is 12.7. The highest BCUT2D eigenvalue weighted by Gasteiger charge is 2.24. The normalized spacial score (nSPS) is 13.4. The van der Waals surface area contributed by atoms with Gasteiger partial charge >= 0.3 is 11.9 Å². The van der Waals surface area contributed by atoms with E-state index in [9.17, 15) is 14.7 Å². The highest BCUT2D eigenvalue weighted by molar-refractivity contribution is 5.80. The van der Waals surface area contributed by atoms with Crippen LogP contribution in [0.4, 0.5) is 5.95 Å². The van der Waals surface area contributed by atoms with Gasteiger partial charge in [-0.2, -0.15) is 9.97 Å². The second kappa shape index (κ2) is 6.48. The minimum atomic E-state index is -1.02. The number of nitrogens with two attached hydrogens (primary N) is 1. The third-order valence-electron chi connectivity index (χ3n) is 2.67. The molecule has 10 nitrogen and oxygen atoms in total. The Morgan fingerprint density at radius 1 is 1.22 bits per heavy atom. The average molecular weight is 321 g/mol. The standard InChI is InChI=1S/C13H15N5O5/c1-5(19)10(22-6(2)20)8-4-15-9-11(16-8)17-13(14)18-12(9)23-7(3)21/h4-5,10,19H,1-3H3,(H2,14,16,17,18). The van der Waals surface area contributed by atoms with Gasteiger partial charge in [0, 0.05) is 13.8 Å². The van der Waals surface area contributed by atoms with Gasteiger partial charge in [0.2, 0.25) is 5.95 Å². The number of aliphatic hydroxyl groups excluding tert-OH is 1. The van der Waals surface area contributed by atoms with Gasteiger partial charge in [-0.05, 0) is 6.92 Å². The minimum absolute atomic E-state index is 0.0454. The van der Waals surface area contributed by atoms with Gasteiger partial charge < -0.3 is 20.3 Å². The molecule has 0 bridgehead atoms. The Morgan fingerprint density at radius 2 is 1.91 bits per heavy atom. The van der Waals surface area contributed by atoms with Crippen LogP contribution in [0.15, 0.2) is 6.20 Å². The first-order valence-corrected chi connectivity index (χ1v) is 6.61. The van der Waals surface area contributed by atoms with Crippen LogP contribution in [0.5, 0.6) is 5.88 Å². The first kappa shape index (κ1) is 16.5. The topological polar surface area (TPSA) is 150 Å². The second-order valence-electron chi connectivity index (χ2n) is 4.72. The molecule has 0 aliphatic carbocycles. The van der Waals surface area contributed by atoms with Gasteiger partial charge in [0.05, 0.1) is 12.3 Å². The van der Waals surface area contributed by atoms with E-state index in [1.165, 1.54) is 27.0 Å². The molecule has 23 heavy (non-hydrogen) atoms. The van der Waals surface area contributed by atoms with E-state index in [4.69, 9.17) is 15.2 Å². The minimum Gasteiger partial charge on any atom is -0.453 e. The first-order chi connectivity index (χ1) is 10.8. The van der Waals surface area contributed by atoms with Crippen LogP contribution >= 0.6 is 0 Å². The Bertz CT molecular complexity index is 764. The third-order valence-corrected chi connectivity index (χ3v) is 2.67. The van der Waals surface area contributed by atoms with Crippen LogP contribution in [-0.2, 0) is 14.3 Å². The number of carbonyl (C=O) groups excluding carboxylic acids is 2. The lowest BCUT2D eigenvalue weighted by atomic mass is 10.1. The number of carbonyl (C=O) groups is 2. The largest absolute Gasteiger partial charge is 0.453 e. The van der Waals surface area contributed by atoms with Gasteiger partial charge in [0.15, 0.2) is 17.3 Å². The average Bonchev–Trinajstić information content (AvgIpc) is 2.42. The number of fused-ring (bicyclic) bond motifs is 1. The fourth-order valence-electron chi connectivity index (χ4n) is 1.84. The van der Waals surface area contributed by atoms with Gasteiger partial charge in [0.1, 0.15) is 5.69 Å². The van der Waals surface area contributed by atoms with Crippen LogP contribution in [0.25, 0.3) is 11.2 Å². The van der Waals surface area contributed by atoms with Crippen LogP contribution in [0.1, 0.15) is 32.6 Å². The van der Waals surface area contributed by atoms with Crippen molar-refractivity contribution in [1.82, 2.24) is 19.9 Å². The smallest absolute Gasteiger partial charge is 0.309 e. The molecular weight excluding hydrogens is 306 g/mol. The van der Waals surface area contributed by atoms with Crippen LogP contribution in [0.2, 0.25) is 0 Å². The van der Waals surface area contributed by atoms with Crippen LogP contribution < -0.4 is 10.5 Å². The predicted molar refractivity (Wildman–Crippen MR) is 77.0 cm³/mol. The van der Waals surface area contributed by atoms with Crippen LogP contribution in [0, 0.1) is 0 Å². The van der Waals surface area contributed by atoms with Gasteiger partial charge in [-0.3, -0.25) is 9.59 Å². The van der Waals surface area contributed by atoms with Crippen molar-refractivity contribution < 1.29 is 24.2 Å². The lowest BCUT2D eigenvalue weighted by Gasteiger charge is -2.19. The molecule has 0 aliphatic rings. The van der Waals surface area contributed by atoms with Crippen molar-refractivity contribution in [3.05, 3.63) is 11.9 Å². The van der Waals surface area contributed by atoms with E-state index in [0.29, 0.717) is 0 Å². The lowest BCUT2D eigenvalue weighted by molar-refractivity contribution is -0.152. The van der Waals surface area contributed by atoms with E-state index in [1.54, 1.807) is 0 Å². The lowest BCUT2D eigenvalue weighted by Crippen LogP contribution is -2.22. The fraction of sp³-hybridized carbons (Fsp3) is 0.385. The Morgan fingerprint density at radius 3 is 2.48 bits per heavy atom. The molecule has 2 rings (SSSR count). The molecule has 10 heteroatoms. The Kier molecular flexibility index (Phi) is 4.65. The van der Waals surface area contributed by atoms with E-state index in [1.807, 2.05) is 0 Å². The molecule has 2 aromatic rings. The Hall–Kier alpha value is -2.88. The molecule has 3 N–H and O–H groups in total. The van der Waals surface area contributed by atoms with E-state index in [0.717, 1.165) is 0 Å². The van der Waals surface area contributed by atoms with E-state index < -0.39 is 24.1 Å². The van der Waals surface area contributed by atoms with Crippen LogP contribution in [0.3, 0.4) is 0 Å². The molecule has 2 atom stereocenters. The Balaban J connectivity index is 2.53. The zero-order chi connectivity index (χ0) is 17.1. The molecule has 2 heterocycles. The highest BCUT2D eigenvalue weighted by atomic mass is 16.6. The molecule has 122 valence electrons. The molecular formula is C13H15N5O5. The summed E-state index contributed by atoms with van der Waals surface area (Å²) in [5.41, 5.74) is 5.89. The maximum Gasteiger partial charge on any atom is 0.309 e. The Labute approximate surface area is 130 Å². The molecule has 0 saturated heterocycles. The number of nitrogen functional groups attached to an aromatic ring is 1. The number of aliphatic hydroxyl groups is 1. The zero-order valence-electron chi connectivity index (χ0n) is 12.7. The molecule has 0 fully saturated rings. The summed E-state index contributed by atoms with van der Waals surface area (Å²) in [7, 11) is 0. The van der Waals surface area contributed by atoms with Gasteiger partial charge in [-0.25, -0.2) is 9.97 Å². The summed E-state index contributed by atoms with van der Waals surface area (Å²) in [5, 5.41) is 9.74. The molecule has 0 amide bonds. The van der Waals surface area contributed by atoms with Crippen molar-refractivity contribution in [2.45, 2.75) is 33.0 Å². The number of esters is 2. The number of nitrogens with zero attached hydrogens (tertiary/aromatic N) is 4. The maximum absolute atomic E-state index is 11.1. The molecule has 0 aliphatic heterocycles. The number of hydrogen-bond acceptors (Lipinski definition) is 10. The van der Waals surface area contributed by atoms with Crippen molar-refractivity contribution >= 4 is 29.1 Å². The summed E-state index contributed by atoms with van der Waals surface area (Å²) in [4.78, 5) is 38.1. The number of anilines is 1. The summed E-state index contributed by atoms with van der Waals surface area (Å²) in [6.45, 7) is 3.86. The summed E-state index contributed by atoms with van der Waals surface area (Å²) >= 11 is 0. The van der Waals surface area contributed by atoms with E-state index in [-0.39, 0.29) is 28.7 Å². The molecule has 0 spiro atoms. The van der Waals surface area contributed by atoms with Gasteiger partial charge in [-0.15, -0.1) is 0 Å². The SMILES string of the molecule is CC(=O)Oc1nc(N)nc2nc(C(OC(C)=O)C(C)O)cnc12. The second-order valence-corrected chi connectivity index (χ2v) is 4.72. The summed E-state index contributed by atoms with van der Waals surface area (Å²) < 4.78 is 9.93. The number of aromatic nitrogens is 4. The van der Waals surface area contributed by atoms with Crippen molar-refractivity contribution in [2.24, 2.45) is 0 Å². The van der Waals surface area contributed by atoms with Crippen molar-refractivity contribution in [2.75, 3.05) is 5.73 Å². The number of ether oxygens (including phenoxy) is 2. The summed E-state index contributed by atoms with van der Waals surface area (Å²) in [5.74, 6) is -1.47. The highest BCUT2D eigenvalue weighted by Crippen LogP contribution is 2.24. The summed E-state index contributed by atoms with van der Waals surface area (Å²) in [6, 6.07) is 0. The monoisotopic (exact) mass is 321 g/mol. The molecule has 0 radical (unpaired) electrons. The van der Waals surface area contributed by atoms with Crippen molar-refractivity contribution in [3.63, 3.8) is 0 Å².